The molecule has 4 aromatic carbocycles. The van der Waals surface area contributed by atoms with Gasteiger partial charge in [-0.3, -0.25) is 14.1 Å². The van der Waals surface area contributed by atoms with Gasteiger partial charge in [0.2, 0.25) is 0 Å². The summed E-state index contributed by atoms with van der Waals surface area (Å²) in [5.74, 6) is -0.921. The quantitative estimate of drug-likeness (QED) is 0.179. The summed E-state index contributed by atoms with van der Waals surface area (Å²) >= 11 is 0. The van der Waals surface area contributed by atoms with E-state index in [1.807, 2.05) is 0 Å². The molecular weight excluding hydrogens is 639 g/mol. The molecule has 236 valence electrons. The number of fused-ring (bicyclic) bond motifs is 2. The van der Waals surface area contributed by atoms with E-state index in [9.17, 15) is 35.5 Å². The van der Waals surface area contributed by atoms with Crippen molar-refractivity contribution in [1.29, 1.82) is 0 Å². The molecule has 0 bridgehead atoms. The van der Waals surface area contributed by atoms with Crippen LogP contribution in [-0.2, 0) is 20.2 Å². The molecule has 0 aromatic heterocycles. The van der Waals surface area contributed by atoms with E-state index in [1.165, 1.54) is 20.8 Å². The number of anilines is 4. The molecule has 10 nitrogen and oxygen atoms in total. The van der Waals surface area contributed by atoms with Crippen LogP contribution in [0.5, 0.6) is 0 Å². The van der Waals surface area contributed by atoms with Crippen molar-refractivity contribution in [3.63, 3.8) is 0 Å². The molecule has 0 amide bonds. The molecular formula is C33H33N2NaO8S2. The van der Waals surface area contributed by atoms with Gasteiger partial charge in [0.15, 0.2) is 11.6 Å². The summed E-state index contributed by atoms with van der Waals surface area (Å²) in [6, 6.07) is 12.6. The molecule has 3 N–H and O–H groups in total. The molecule has 46 heavy (non-hydrogen) atoms. The van der Waals surface area contributed by atoms with Crippen LogP contribution in [0.1, 0.15) is 72.7 Å². The van der Waals surface area contributed by atoms with E-state index >= 15 is 0 Å². The molecule has 0 fully saturated rings. The third-order valence-corrected chi connectivity index (χ3v) is 10.2. The Balaban J connectivity index is 0.00000288. The average molecular weight is 673 g/mol. The Morgan fingerprint density at radius 2 is 1.00 bits per heavy atom. The summed E-state index contributed by atoms with van der Waals surface area (Å²) in [5, 5.41) is 6.27. The van der Waals surface area contributed by atoms with Crippen LogP contribution in [0.25, 0.3) is 0 Å². The van der Waals surface area contributed by atoms with Crippen molar-refractivity contribution >= 4 is 54.6 Å². The summed E-state index contributed by atoms with van der Waals surface area (Å²) in [4.78, 5) is 27.4. The Morgan fingerprint density at radius 1 is 0.630 bits per heavy atom. The third-order valence-electron chi connectivity index (χ3n) is 7.91. The van der Waals surface area contributed by atoms with Crippen LogP contribution in [0.4, 0.5) is 22.7 Å². The van der Waals surface area contributed by atoms with E-state index in [2.05, 4.69) is 10.6 Å². The predicted octanol–water partition coefficient (Wildman–Crippen LogP) is 3.59. The van der Waals surface area contributed by atoms with E-state index in [0.29, 0.717) is 28.1 Å². The van der Waals surface area contributed by atoms with Gasteiger partial charge in [0.05, 0.1) is 27.4 Å². The van der Waals surface area contributed by atoms with Crippen molar-refractivity contribution < 1.29 is 65.1 Å². The van der Waals surface area contributed by atoms with Crippen LogP contribution in [0.15, 0.2) is 58.3 Å². The number of carbonyl (C=O) groups is 2. The Bertz CT molecular complexity index is 2020. The van der Waals surface area contributed by atoms with Gasteiger partial charge in [-0.1, -0.05) is 43.8 Å². The second-order valence-electron chi connectivity index (χ2n) is 11.0. The molecule has 13 heteroatoms. The number of rotatable bonds is 6. The number of hydrogen-bond acceptors (Lipinski definition) is 9. The van der Waals surface area contributed by atoms with Crippen LogP contribution >= 0.6 is 0 Å². The van der Waals surface area contributed by atoms with Crippen LogP contribution in [0.2, 0.25) is 0 Å². The number of ketones is 2. The minimum absolute atomic E-state index is 0. The molecule has 1 aliphatic rings. The fraction of sp³-hybridized carbons (Fsp3) is 0.212. The first-order valence-electron chi connectivity index (χ1n) is 13.5. The number of hydrogen-bond donors (Lipinski definition) is 3. The number of benzene rings is 4. The van der Waals surface area contributed by atoms with E-state index in [1.54, 1.807) is 69.3 Å². The zero-order valence-electron chi connectivity index (χ0n) is 25.7. The first kappa shape index (κ1) is 37.1. The van der Waals surface area contributed by atoms with Gasteiger partial charge >= 0.3 is 29.6 Å². The van der Waals surface area contributed by atoms with Gasteiger partial charge in [-0.15, -0.1) is 0 Å². The molecule has 4 aromatic rings. The molecule has 0 radical (unpaired) electrons. The smallest absolute Gasteiger partial charge is 0.744 e. The first-order valence-corrected chi connectivity index (χ1v) is 16.3. The van der Waals surface area contributed by atoms with Crippen molar-refractivity contribution in [3.05, 3.63) is 104 Å². The molecule has 0 aliphatic heterocycles. The Morgan fingerprint density at radius 3 is 1.37 bits per heavy atom. The monoisotopic (exact) mass is 672 g/mol. The summed E-state index contributed by atoms with van der Waals surface area (Å²) in [6.07, 6.45) is 0. The molecule has 0 atom stereocenters. The van der Waals surface area contributed by atoms with E-state index in [-0.39, 0.29) is 97.1 Å². The van der Waals surface area contributed by atoms with Crippen molar-refractivity contribution in [2.24, 2.45) is 0 Å². The zero-order chi connectivity index (χ0) is 32.5. The van der Waals surface area contributed by atoms with E-state index < -0.39 is 31.8 Å². The Kier molecular flexibility index (Phi) is 10.5. The van der Waals surface area contributed by atoms with Gasteiger partial charge in [-0.05, 0) is 87.1 Å². The number of carbonyl (C=O) groups excluding carboxylic acids is 2. The van der Waals surface area contributed by atoms with E-state index in [4.69, 9.17) is 0 Å². The number of aryl methyl sites for hydroxylation is 4. The second kappa shape index (κ2) is 13.0. The van der Waals surface area contributed by atoms with Gasteiger partial charge in [-0.25, -0.2) is 8.42 Å². The molecule has 0 spiro atoms. The normalized spacial score (nSPS) is 12.4. The van der Waals surface area contributed by atoms with E-state index in [0.717, 1.165) is 0 Å². The fourth-order valence-electron chi connectivity index (χ4n) is 6.20. The molecule has 0 saturated carbocycles. The average Bonchev–Trinajstić information content (AvgIpc) is 2.90. The van der Waals surface area contributed by atoms with Crippen LogP contribution in [0.3, 0.4) is 0 Å². The standard InChI is InChI=1S/C32H30N2O8S2.CH4.Na/c1-15-13-17(3)31(43(37,38)39)19(5)27(15)33-23-11-12-24(26-25(23)29(35)21-9-7-8-10-22(21)30(26)36)34-28-16(2)14-18(4)32(20(28)6)44(40,41)42;;/h7-14,33-34H,1-6H3,(H,37,38,39)(H,40,41,42);1H4;/q;;+1/p-1. The maximum atomic E-state index is 14.0. The third kappa shape index (κ3) is 6.30. The molecule has 0 saturated heterocycles. The van der Waals surface area contributed by atoms with Gasteiger partial charge in [0.1, 0.15) is 15.0 Å². The van der Waals surface area contributed by atoms with Crippen molar-refractivity contribution in [1.82, 2.24) is 0 Å². The Labute approximate surface area is 291 Å². The SMILES string of the molecule is C.Cc1cc(C)c(S(=O)(=O)[O-])c(C)c1Nc1ccc(Nc2c(C)cc(C)c(S(=O)(=O)O)c2C)c2c1C(=O)c1ccccc1C2=O.[Na+]. The van der Waals surface area contributed by atoms with Crippen LogP contribution in [0, 0.1) is 41.5 Å². The van der Waals surface area contributed by atoms with Gasteiger partial charge < -0.3 is 15.2 Å². The van der Waals surface area contributed by atoms with Crippen molar-refractivity contribution in [2.45, 2.75) is 58.8 Å². The van der Waals surface area contributed by atoms with Gasteiger partial charge in [-0.2, -0.15) is 8.42 Å². The first-order chi connectivity index (χ1) is 20.4. The summed E-state index contributed by atoms with van der Waals surface area (Å²) < 4.78 is 70.6. The van der Waals surface area contributed by atoms with Gasteiger partial charge in [0, 0.05) is 22.5 Å². The predicted molar refractivity (Wildman–Crippen MR) is 172 cm³/mol. The topological polar surface area (TPSA) is 170 Å². The number of nitrogens with one attached hydrogen (secondary N) is 2. The minimum atomic E-state index is -4.82. The maximum absolute atomic E-state index is 14.0. The van der Waals surface area contributed by atoms with Gasteiger partial charge in [0.25, 0.3) is 10.1 Å². The molecule has 0 heterocycles. The minimum Gasteiger partial charge on any atom is -0.744 e. The summed E-state index contributed by atoms with van der Waals surface area (Å²) in [6.45, 7) is 9.58. The molecule has 0 unspecified atom stereocenters. The molecule has 5 rings (SSSR count). The largest absolute Gasteiger partial charge is 1.00 e. The van der Waals surface area contributed by atoms with Crippen molar-refractivity contribution in [3.8, 4) is 0 Å². The van der Waals surface area contributed by atoms with Crippen molar-refractivity contribution in [2.75, 3.05) is 10.6 Å². The second-order valence-corrected chi connectivity index (χ2v) is 13.6. The Hall–Kier alpha value is -3.36. The van der Waals surface area contributed by atoms with Crippen LogP contribution in [-0.4, -0.2) is 37.5 Å². The fourth-order valence-corrected chi connectivity index (χ4v) is 8.09. The maximum Gasteiger partial charge on any atom is 1.00 e. The summed E-state index contributed by atoms with van der Waals surface area (Å²) in [5.41, 5.74) is 3.74. The summed E-state index contributed by atoms with van der Waals surface area (Å²) in [7, 11) is -9.40. The molecule has 1 aliphatic carbocycles. The zero-order valence-corrected chi connectivity index (χ0v) is 29.4. The van der Waals surface area contributed by atoms with Crippen LogP contribution < -0.4 is 40.2 Å².